The van der Waals surface area contributed by atoms with Crippen LogP contribution >= 0.6 is 0 Å². The summed E-state index contributed by atoms with van der Waals surface area (Å²) < 4.78 is 0. The van der Waals surface area contributed by atoms with Crippen molar-refractivity contribution in [3.63, 3.8) is 0 Å². The van der Waals surface area contributed by atoms with Crippen molar-refractivity contribution in [3.8, 4) is 0 Å². The molecular formula is C13H15N3O. The molecule has 0 saturated heterocycles. The fourth-order valence-electron chi connectivity index (χ4n) is 2.42. The number of hydrazone groups is 1. The first kappa shape index (κ1) is 10.3. The van der Waals surface area contributed by atoms with Crippen LogP contribution in [0, 0.1) is 0 Å². The van der Waals surface area contributed by atoms with E-state index in [9.17, 15) is 4.79 Å². The average Bonchev–Trinajstić information content (AvgIpc) is 2.76. The highest BCUT2D eigenvalue weighted by Gasteiger charge is 2.21. The Kier molecular flexibility index (Phi) is 2.55. The number of hydrogen-bond donors (Lipinski definition) is 1. The Labute approximate surface area is 100 Å². The molecular weight excluding hydrogens is 214 g/mol. The lowest BCUT2D eigenvalue weighted by Gasteiger charge is -2.21. The summed E-state index contributed by atoms with van der Waals surface area (Å²) in [4.78, 5) is 13.4. The van der Waals surface area contributed by atoms with Crippen molar-refractivity contribution in [1.82, 2.24) is 5.43 Å². The van der Waals surface area contributed by atoms with Gasteiger partial charge in [0, 0.05) is 18.7 Å². The lowest BCUT2D eigenvalue weighted by atomic mass is 10.1. The molecule has 1 aromatic rings. The van der Waals surface area contributed by atoms with Crippen molar-refractivity contribution in [1.29, 1.82) is 0 Å². The van der Waals surface area contributed by atoms with Crippen LogP contribution in [0.5, 0.6) is 0 Å². The molecule has 0 spiro atoms. The molecule has 17 heavy (non-hydrogen) atoms. The van der Waals surface area contributed by atoms with Gasteiger partial charge in [-0.15, -0.1) is 0 Å². The lowest BCUT2D eigenvalue weighted by molar-refractivity contribution is -0.121. The Bertz CT molecular complexity index is 481. The van der Waals surface area contributed by atoms with Crippen molar-refractivity contribution in [3.05, 3.63) is 29.8 Å². The Balaban J connectivity index is 1.73. The van der Waals surface area contributed by atoms with E-state index in [4.69, 9.17) is 0 Å². The second-order valence-electron chi connectivity index (χ2n) is 4.51. The van der Waals surface area contributed by atoms with Gasteiger partial charge in [0.15, 0.2) is 0 Å². The topological polar surface area (TPSA) is 44.7 Å². The van der Waals surface area contributed by atoms with Gasteiger partial charge in [0.2, 0.25) is 5.91 Å². The van der Waals surface area contributed by atoms with Gasteiger partial charge >= 0.3 is 0 Å². The van der Waals surface area contributed by atoms with Crippen LogP contribution in [0.4, 0.5) is 5.69 Å². The minimum absolute atomic E-state index is 0.0237. The Hall–Kier alpha value is -1.84. The number of anilines is 1. The van der Waals surface area contributed by atoms with Crippen LogP contribution in [0.2, 0.25) is 0 Å². The molecule has 0 bridgehead atoms. The number of para-hydroxylation sites is 1. The number of carbonyl (C=O) groups excluding carboxylic acids is 1. The first-order valence-electron chi connectivity index (χ1n) is 6.00. The zero-order chi connectivity index (χ0) is 11.7. The fraction of sp³-hybridized carbons (Fsp3) is 0.385. The highest BCUT2D eigenvalue weighted by atomic mass is 16.2. The smallest absolute Gasteiger partial charge is 0.240 e. The number of nitrogens with zero attached hydrogens (tertiary/aromatic N) is 2. The SMILES string of the molecule is O=C1CCC(CN2CCc3ccccc32)=NN1. The first-order chi connectivity index (χ1) is 8.33. The van der Waals surface area contributed by atoms with Crippen molar-refractivity contribution in [2.45, 2.75) is 19.3 Å². The molecule has 0 saturated carbocycles. The van der Waals surface area contributed by atoms with E-state index < -0.39 is 0 Å². The lowest BCUT2D eigenvalue weighted by Crippen LogP contribution is -2.34. The highest BCUT2D eigenvalue weighted by Crippen LogP contribution is 2.27. The molecule has 88 valence electrons. The third-order valence-corrected chi connectivity index (χ3v) is 3.34. The second-order valence-corrected chi connectivity index (χ2v) is 4.51. The second kappa shape index (κ2) is 4.20. The summed E-state index contributed by atoms with van der Waals surface area (Å²) in [6.07, 6.45) is 2.45. The summed E-state index contributed by atoms with van der Waals surface area (Å²) in [5, 5.41) is 4.12. The summed E-state index contributed by atoms with van der Waals surface area (Å²) >= 11 is 0. The van der Waals surface area contributed by atoms with Crippen LogP contribution in [0.15, 0.2) is 29.4 Å². The minimum atomic E-state index is 0.0237. The minimum Gasteiger partial charge on any atom is -0.365 e. The predicted molar refractivity (Wildman–Crippen MR) is 67.2 cm³/mol. The molecule has 2 aliphatic heterocycles. The monoisotopic (exact) mass is 229 g/mol. The summed E-state index contributed by atoms with van der Waals surface area (Å²) in [6.45, 7) is 1.88. The Morgan fingerprint density at radius 3 is 2.94 bits per heavy atom. The van der Waals surface area contributed by atoms with Crippen molar-refractivity contribution in [2.24, 2.45) is 5.10 Å². The predicted octanol–water partition coefficient (Wildman–Crippen LogP) is 1.32. The summed E-state index contributed by atoms with van der Waals surface area (Å²) in [6, 6.07) is 8.49. The largest absolute Gasteiger partial charge is 0.365 e. The van der Waals surface area contributed by atoms with Crippen LogP contribution in [-0.2, 0) is 11.2 Å². The van der Waals surface area contributed by atoms with Crippen LogP contribution in [-0.4, -0.2) is 24.7 Å². The van der Waals surface area contributed by atoms with Crippen molar-refractivity contribution >= 4 is 17.3 Å². The molecule has 0 atom stereocenters. The number of hydrogen-bond acceptors (Lipinski definition) is 3. The van der Waals surface area contributed by atoms with Crippen molar-refractivity contribution in [2.75, 3.05) is 18.0 Å². The molecule has 0 fully saturated rings. The van der Waals surface area contributed by atoms with Gasteiger partial charge in [-0.05, 0) is 24.5 Å². The van der Waals surface area contributed by atoms with E-state index in [-0.39, 0.29) is 5.91 Å². The third kappa shape index (κ3) is 2.02. The van der Waals surface area contributed by atoms with Gasteiger partial charge in [-0.1, -0.05) is 18.2 Å². The molecule has 2 aliphatic rings. The summed E-state index contributed by atoms with van der Waals surface area (Å²) in [5.41, 5.74) is 6.35. The fourth-order valence-corrected chi connectivity index (χ4v) is 2.42. The van der Waals surface area contributed by atoms with Crippen molar-refractivity contribution < 1.29 is 4.79 Å². The molecule has 0 unspecified atom stereocenters. The first-order valence-corrected chi connectivity index (χ1v) is 6.00. The van der Waals surface area contributed by atoms with Crippen LogP contribution in [0.1, 0.15) is 18.4 Å². The van der Waals surface area contributed by atoms with Gasteiger partial charge in [-0.25, -0.2) is 5.43 Å². The van der Waals surface area contributed by atoms with Gasteiger partial charge in [0.25, 0.3) is 0 Å². The maximum Gasteiger partial charge on any atom is 0.240 e. The van der Waals surface area contributed by atoms with Gasteiger partial charge in [0.1, 0.15) is 0 Å². The zero-order valence-electron chi connectivity index (χ0n) is 9.65. The van der Waals surface area contributed by atoms with Gasteiger partial charge in [0.05, 0.1) is 12.3 Å². The van der Waals surface area contributed by atoms with E-state index in [2.05, 4.69) is 39.7 Å². The third-order valence-electron chi connectivity index (χ3n) is 3.34. The number of rotatable bonds is 2. The molecule has 4 nitrogen and oxygen atoms in total. The summed E-state index contributed by atoms with van der Waals surface area (Å²) in [5.74, 6) is 0.0237. The number of benzene rings is 1. The van der Waals surface area contributed by atoms with E-state index >= 15 is 0 Å². The molecule has 0 aromatic heterocycles. The van der Waals surface area contributed by atoms with Gasteiger partial charge in [-0.3, -0.25) is 4.79 Å². The number of carbonyl (C=O) groups is 1. The van der Waals surface area contributed by atoms with E-state index in [0.29, 0.717) is 6.42 Å². The van der Waals surface area contributed by atoms with Crippen LogP contribution in [0.3, 0.4) is 0 Å². The molecule has 2 heterocycles. The Morgan fingerprint density at radius 1 is 1.24 bits per heavy atom. The van der Waals surface area contributed by atoms with Gasteiger partial charge in [-0.2, -0.15) is 5.10 Å². The Morgan fingerprint density at radius 2 is 2.12 bits per heavy atom. The standard InChI is InChI=1S/C13H15N3O/c17-13-6-5-11(14-15-13)9-16-8-7-10-3-1-2-4-12(10)16/h1-4H,5-9H2,(H,15,17). The molecule has 1 N–H and O–H groups in total. The molecule has 0 aliphatic carbocycles. The molecule has 1 amide bonds. The molecule has 4 heteroatoms. The van der Waals surface area contributed by atoms with E-state index in [1.165, 1.54) is 11.3 Å². The zero-order valence-corrected chi connectivity index (χ0v) is 9.65. The average molecular weight is 229 g/mol. The number of fused-ring (bicyclic) bond motifs is 1. The normalized spacial score (nSPS) is 18.7. The highest BCUT2D eigenvalue weighted by molar-refractivity contribution is 5.95. The maximum atomic E-state index is 11.0. The van der Waals surface area contributed by atoms with Crippen LogP contribution < -0.4 is 10.3 Å². The maximum absolute atomic E-state index is 11.0. The molecule has 3 rings (SSSR count). The van der Waals surface area contributed by atoms with Gasteiger partial charge < -0.3 is 4.90 Å². The van der Waals surface area contributed by atoms with E-state index in [0.717, 1.165) is 31.6 Å². The number of amides is 1. The van der Waals surface area contributed by atoms with E-state index in [1.807, 2.05) is 0 Å². The molecule has 0 radical (unpaired) electrons. The van der Waals surface area contributed by atoms with Crippen LogP contribution in [0.25, 0.3) is 0 Å². The quantitative estimate of drug-likeness (QED) is 0.831. The van der Waals surface area contributed by atoms with E-state index in [1.54, 1.807) is 0 Å². The molecule has 1 aromatic carbocycles. The summed E-state index contributed by atoms with van der Waals surface area (Å²) in [7, 11) is 0. The number of nitrogens with one attached hydrogen (secondary N) is 1.